The molecule has 29 heavy (non-hydrogen) atoms. The summed E-state index contributed by atoms with van der Waals surface area (Å²) in [5.74, 6) is 1.61. The Hall–Kier alpha value is -2.29. The van der Waals surface area contributed by atoms with E-state index in [4.69, 9.17) is 4.74 Å². The molecular formula is C22H31IN4O2. The zero-order valence-corrected chi connectivity index (χ0v) is 19.2. The molecule has 2 rings (SSSR count). The van der Waals surface area contributed by atoms with Gasteiger partial charge in [-0.2, -0.15) is 0 Å². The van der Waals surface area contributed by atoms with Gasteiger partial charge in [-0.05, 0) is 24.6 Å². The summed E-state index contributed by atoms with van der Waals surface area (Å²) < 4.78 is 5.66. The Labute approximate surface area is 190 Å². The third-order valence-corrected chi connectivity index (χ3v) is 3.91. The molecule has 2 aromatic carbocycles. The van der Waals surface area contributed by atoms with Crippen LogP contribution >= 0.6 is 24.0 Å². The highest BCUT2D eigenvalue weighted by molar-refractivity contribution is 14.0. The number of nitrogens with zero attached hydrogens (tertiary/aromatic N) is 1. The summed E-state index contributed by atoms with van der Waals surface area (Å²) >= 11 is 0. The van der Waals surface area contributed by atoms with E-state index in [2.05, 4.69) is 20.9 Å². The van der Waals surface area contributed by atoms with E-state index in [1.807, 2.05) is 67.6 Å². The van der Waals surface area contributed by atoms with Crippen LogP contribution in [0.25, 0.3) is 0 Å². The lowest BCUT2D eigenvalue weighted by Gasteiger charge is -2.11. The molecule has 0 fully saturated rings. The number of amides is 1. The summed E-state index contributed by atoms with van der Waals surface area (Å²) in [6.45, 7) is 5.15. The highest BCUT2D eigenvalue weighted by Gasteiger charge is 2.03. The van der Waals surface area contributed by atoms with Gasteiger partial charge in [-0.1, -0.05) is 48.5 Å². The second-order valence-electron chi connectivity index (χ2n) is 6.21. The van der Waals surface area contributed by atoms with Crippen molar-refractivity contribution in [1.29, 1.82) is 0 Å². The van der Waals surface area contributed by atoms with Crippen LogP contribution < -0.4 is 20.7 Å². The van der Waals surface area contributed by atoms with Gasteiger partial charge < -0.3 is 20.7 Å². The van der Waals surface area contributed by atoms with Crippen LogP contribution in [-0.4, -0.2) is 38.1 Å². The molecule has 3 N–H and O–H groups in total. The maximum Gasteiger partial charge on any atom is 0.222 e. The molecule has 0 bridgehead atoms. The Morgan fingerprint density at radius 2 is 1.66 bits per heavy atom. The van der Waals surface area contributed by atoms with Crippen molar-refractivity contribution in [2.75, 3.05) is 26.2 Å². The summed E-state index contributed by atoms with van der Waals surface area (Å²) in [5, 5.41) is 9.31. The zero-order chi connectivity index (χ0) is 19.9. The van der Waals surface area contributed by atoms with E-state index in [1.165, 1.54) is 0 Å². The second kappa shape index (κ2) is 15.6. The molecule has 0 saturated carbocycles. The maximum atomic E-state index is 12.0. The standard InChI is InChI=1S/C22H30N4O2.HI/c1-2-23-22(24-15-9-17-28-20-12-7-4-8-13-20)25-16-14-21(27)26-18-19-10-5-3-6-11-19;/h3-8,10-13H,2,9,14-18H2,1H3,(H,26,27)(H2,23,24,25);1H. The van der Waals surface area contributed by atoms with Crippen molar-refractivity contribution in [3.63, 3.8) is 0 Å². The molecule has 0 atom stereocenters. The van der Waals surface area contributed by atoms with Crippen LogP contribution in [0, 0.1) is 0 Å². The molecule has 2 aromatic rings. The van der Waals surface area contributed by atoms with Crippen molar-refractivity contribution in [3.05, 3.63) is 66.2 Å². The van der Waals surface area contributed by atoms with E-state index >= 15 is 0 Å². The largest absolute Gasteiger partial charge is 0.494 e. The number of ether oxygens (including phenoxy) is 1. The van der Waals surface area contributed by atoms with Crippen LogP contribution in [0.2, 0.25) is 0 Å². The number of guanidine groups is 1. The molecule has 7 heteroatoms. The lowest BCUT2D eigenvalue weighted by molar-refractivity contribution is -0.121. The molecule has 6 nitrogen and oxygen atoms in total. The highest BCUT2D eigenvalue weighted by Crippen LogP contribution is 2.08. The summed E-state index contributed by atoms with van der Waals surface area (Å²) in [6, 6.07) is 19.6. The molecule has 0 aromatic heterocycles. The third kappa shape index (κ3) is 11.3. The second-order valence-corrected chi connectivity index (χ2v) is 6.21. The first kappa shape index (κ1) is 24.7. The van der Waals surface area contributed by atoms with Gasteiger partial charge >= 0.3 is 0 Å². The van der Waals surface area contributed by atoms with Gasteiger partial charge in [0.1, 0.15) is 5.75 Å². The number of carbonyl (C=O) groups excluding carboxylic acids is 1. The lowest BCUT2D eigenvalue weighted by Crippen LogP contribution is -2.39. The molecule has 0 saturated heterocycles. The maximum absolute atomic E-state index is 12.0. The fraction of sp³-hybridized carbons (Fsp3) is 0.364. The van der Waals surface area contributed by atoms with Crippen molar-refractivity contribution in [3.8, 4) is 5.75 Å². The molecule has 0 unspecified atom stereocenters. The van der Waals surface area contributed by atoms with Gasteiger partial charge in [0.05, 0.1) is 6.61 Å². The Bertz CT molecular complexity index is 711. The van der Waals surface area contributed by atoms with Crippen LogP contribution in [0.1, 0.15) is 25.3 Å². The Morgan fingerprint density at radius 1 is 0.966 bits per heavy atom. The topological polar surface area (TPSA) is 74.8 Å². The van der Waals surface area contributed by atoms with E-state index in [0.29, 0.717) is 32.7 Å². The van der Waals surface area contributed by atoms with Gasteiger partial charge in [-0.15, -0.1) is 24.0 Å². The quantitative estimate of drug-likeness (QED) is 0.188. The third-order valence-electron chi connectivity index (χ3n) is 3.91. The van der Waals surface area contributed by atoms with Crippen molar-refractivity contribution in [1.82, 2.24) is 16.0 Å². The number of para-hydroxylation sites is 1. The molecule has 0 aliphatic heterocycles. The smallest absolute Gasteiger partial charge is 0.222 e. The predicted octanol–water partition coefficient (Wildman–Crippen LogP) is 3.34. The van der Waals surface area contributed by atoms with Gasteiger partial charge in [0.15, 0.2) is 5.96 Å². The first-order valence-electron chi connectivity index (χ1n) is 9.78. The number of aliphatic imine (C=N–C) groups is 1. The Morgan fingerprint density at radius 3 is 2.34 bits per heavy atom. The van der Waals surface area contributed by atoms with Gasteiger partial charge in [-0.25, -0.2) is 0 Å². The molecule has 0 aliphatic carbocycles. The van der Waals surface area contributed by atoms with Gasteiger partial charge in [0.25, 0.3) is 0 Å². The van der Waals surface area contributed by atoms with Crippen LogP contribution in [0.3, 0.4) is 0 Å². The van der Waals surface area contributed by atoms with Crippen molar-refractivity contribution in [2.45, 2.75) is 26.3 Å². The van der Waals surface area contributed by atoms with Crippen LogP contribution in [0.4, 0.5) is 0 Å². The van der Waals surface area contributed by atoms with Crippen molar-refractivity contribution >= 4 is 35.8 Å². The molecule has 0 spiro atoms. The normalized spacial score (nSPS) is 10.6. The molecule has 0 radical (unpaired) electrons. The summed E-state index contributed by atoms with van der Waals surface area (Å²) in [7, 11) is 0. The number of rotatable bonds is 11. The van der Waals surface area contributed by atoms with Crippen LogP contribution in [0.5, 0.6) is 5.75 Å². The molecule has 158 valence electrons. The number of hydrogen-bond donors (Lipinski definition) is 3. The lowest BCUT2D eigenvalue weighted by atomic mass is 10.2. The Kier molecular flexibility index (Phi) is 13.3. The predicted molar refractivity (Wildman–Crippen MR) is 129 cm³/mol. The van der Waals surface area contributed by atoms with Crippen molar-refractivity contribution < 1.29 is 9.53 Å². The average molecular weight is 510 g/mol. The van der Waals surface area contributed by atoms with E-state index in [1.54, 1.807) is 0 Å². The van der Waals surface area contributed by atoms with E-state index < -0.39 is 0 Å². The zero-order valence-electron chi connectivity index (χ0n) is 16.9. The van der Waals surface area contributed by atoms with E-state index in [0.717, 1.165) is 30.2 Å². The van der Waals surface area contributed by atoms with Gasteiger partial charge in [0, 0.05) is 39.0 Å². The van der Waals surface area contributed by atoms with Gasteiger partial charge in [-0.3, -0.25) is 9.79 Å². The van der Waals surface area contributed by atoms with E-state index in [9.17, 15) is 4.79 Å². The molecule has 0 aliphatic rings. The summed E-state index contributed by atoms with van der Waals surface area (Å²) in [4.78, 5) is 16.5. The molecular weight excluding hydrogens is 479 g/mol. The van der Waals surface area contributed by atoms with Crippen molar-refractivity contribution in [2.24, 2.45) is 4.99 Å². The molecule has 0 heterocycles. The minimum atomic E-state index is 0. The number of halogens is 1. The fourth-order valence-electron chi connectivity index (χ4n) is 2.48. The Balaban J connectivity index is 0.00000420. The summed E-state index contributed by atoms with van der Waals surface area (Å²) in [6.07, 6.45) is 1.22. The van der Waals surface area contributed by atoms with Crippen LogP contribution in [-0.2, 0) is 11.3 Å². The number of carbonyl (C=O) groups is 1. The summed E-state index contributed by atoms with van der Waals surface area (Å²) in [5.41, 5.74) is 1.09. The van der Waals surface area contributed by atoms with Crippen LogP contribution in [0.15, 0.2) is 65.7 Å². The number of benzene rings is 2. The minimum Gasteiger partial charge on any atom is -0.494 e. The van der Waals surface area contributed by atoms with Gasteiger partial charge in [0.2, 0.25) is 5.91 Å². The average Bonchev–Trinajstić information content (AvgIpc) is 2.73. The first-order valence-corrected chi connectivity index (χ1v) is 9.78. The number of nitrogens with one attached hydrogen (secondary N) is 3. The van der Waals surface area contributed by atoms with E-state index in [-0.39, 0.29) is 29.9 Å². The first-order chi connectivity index (χ1) is 13.8. The minimum absolute atomic E-state index is 0. The highest BCUT2D eigenvalue weighted by atomic mass is 127. The number of hydrogen-bond acceptors (Lipinski definition) is 3. The monoisotopic (exact) mass is 510 g/mol. The molecule has 1 amide bonds. The fourth-order valence-corrected chi connectivity index (χ4v) is 2.48. The SMILES string of the molecule is CCNC(=NCCCOc1ccccc1)NCCC(=O)NCc1ccccc1.I.